The number of anilines is 1. The van der Waals surface area contributed by atoms with Crippen LogP contribution < -0.4 is 4.90 Å². The van der Waals surface area contributed by atoms with Crippen LogP contribution >= 0.6 is 11.6 Å². The molecule has 124 valence electrons. The minimum absolute atomic E-state index is 0.0999. The number of benzene rings is 2. The minimum atomic E-state index is -0.329. The first-order chi connectivity index (χ1) is 11.6. The molecule has 2 aromatic carbocycles. The van der Waals surface area contributed by atoms with Crippen molar-refractivity contribution in [1.29, 1.82) is 0 Å². The Bertz CT molecular complexity index is 755. The molecule has 1 aliphatic rings. The van der Waals surface area contributed by atoms with Crippen molar-refractivity contribution < 1.29 is 9.18 Å². The van der Waals surface area contributed by atoms with E-state index in [-0.39, 0.29) is 11.7 Å². The highest BCUT2D eigenvalue weighted by Crippen LogP contribution is 2.26. The standard InChI is InChI=1S/C19H18ClFN2O/c20-16-6-2-4-8-18(16)22-11-13-23(14-12-22)19(24)10-9-15-5-1-3-7-17(15)21/h1-10H,11-14H2/b10-9+. The predicted octanol–water partition coefficient (Wildman–Crippen LogP) is 3.84. The zero-order chi connectivity index (χ0) is 16.9. The molecule has 0 saturated carbocycles. The van der Waals surface area contributed by atoms with Gasteiger partial charge in [0.1, 0.15) is 5.82 Å². The Morgan fingerprint density at radius 3 is 2.38 bits per heavy atom. The average molecular weight is 345 g/mol. The fraction of sp³-hybridized carbons (Fsp3) is 0.211. The van der Waals surface area contributed by atoms with Crippen molar-refractivity contribution >= 4 is 29.3 Å². The highest BCUT2D eigenvalue weighted by Gasteiger charge is 2.20. The maximum atomic E-state index is 13.6. The molecule has 0 aliphatic carbocycles. The third-order valence-corrected chi connectivity index (χ3v) is 4.41. The molecule has 0 bridgehead atoms. The van der Waals surface area contributed by atoms with E-state index in [0.29, 0.717) is 18.7 Å². The number of rotatable bonds is 3. The number of carbonyl (C=O) groups is 1. The monoisotopic (exact) mass is 344 g/mol. The maximum absolute atomic E-state index is 13.6. The first-order valence-corrected chi connectivity index (χ1v) is 8.24. The number of hydrogen-bond acceptors (Lipinski definition) is 2. The number of amides is 1. The normalized spacial score (nSPS) is 15.1. The van der Waals surface area contributed by atoms with E-state index < -0.39 is 0 Å². The molecule has 1 amide bonds. The van der Waals surface area contributed by atoms with Gasteiger partial charge in [-0.3, -0.25) is 4.79 Å². The Balaban J connectivity index is 1.59. The lowest BCUT2D eigenvalue weighted by Crippen LogP contribution is -2.48. The van der Waals surface area contributed by atoms with Crippen LogP contribution in [0.5, 0.6) is 0 Å². The molecule has 0 unspecified atom stereocenters. The van der Waals surface area contributed by atoms with Gasteiger partial charge in [-0.1, -0.05) is 41.9 Å². The summed E-state index contributed by atoms with van der Waals surface area (Å²) in [5.41, 5.74) is 1.41. The lowest BCUT2D eigenvalue weighted by Gasteiger charge is -2.36. The van der Waals surface area contributed by atoms with Gasteiger partial charge in [-0.2, -0.15) is 0 Å². The lowest BCUT2D eigenvalue weighted by atomic mass is 10.2. The van der Waals surface area contributed by atoms with Crippen molar-refractivity contribution in [2.45, 2.75) is 0 Å². The Hall–Kier alpha value is -2.33. The summed E-state index contributed by atoms with van der Waals surface area (Å²) in [5, 5.41) is 0.719. The maximum Gasteiger partial charge on any atom is 0.246 e. The van der Waals surface area contributed by atoms with E-state index >= 15 is 0 Å². The van der Waals surface area contributed by atoms with E-state index in [9.17, 15) is 9.18 Å². The second-order valence-corrected chi connectivity index (χ2v) is 6.03. The molecule has 2 aromatic rings. The summed E-state index contributed by atoms with van der Waals surface area (Å²) < 4.78 is 13.6. The molecule has 0 radical (unpaired) electrons. The second kappa shape index (κ2) is 7.49. The largest absolute Gasteiger partial charge is 0.367 e. The third-order valence-electron chi connectivity index (χ3n) is 4.10. The van der Waals surface area contributed by atoms with Crippen LogP contribution in [0.25, 0.3) is 6.08 Å². The van der Waals surface area contributed by atoms with Crippen LogP contribution in [-0.2, 0) is 4.79 Å². The third kappa shape index (κ3) is 3.77. The van der Waals surface area contributed by atoms with Crippen LogP contribution in [-0.4, -0.2) is 37.0 Å². The van der Waals surface area contributed by atoms with E-state index in [1.54, 1.807) is 23.1 Å². The quantitative estimate of drug-likeness (QED) is 0.790. The van der Waals surface area contributed by atoms with Crippen LogP contribution in [0.3, 0.4) is 0 Å². The van der Waals surface area contributed by atoms with Gasteiger partial charge < -0.3 is 9.80 Å². The second-order valence-electron chi connectivity index (χ2n) is 5.62. The van der Waals surface area contributed by atoms with Crippen LogP contribution in [0.2, 0.25) is 5.02 Å². The number of para-hydroxylation sites is 1. The van der Waals surface area contributed by atoms with Crippen LogP contribution in [0.15, 0.2) is 54.6 Å². The molecule has 3 rings (SSSR count). The molecule has 0 N–H and O–H groups in total. The zero-order valence-electron chi connectivity index (χ0n) is 13.2. The summed E-state index contributed by atoms with van der Waals surface area (Å²) in [6.45, 7) is 2.68. The van der Waals surface area contributed by atoms with Crippen LogP contribution in [0.4, 0.5) is 10.1 Å². The Kier molecular flexibility index (Phi) is 5.16. The Morgan fingerprint density at radius 1 is 1.00 bits per heavy atom. The van der Waals surface area contributed by atoms with Gasteiger partial charge in [0.05, 0.1) is 10.7 Å². The summed E-state index contributed by atoms with van der Waals surface area (Å²) in [5.74, 6) is -0.429. The van der Waals surface area contributed by atoms with Crippen LogP contribution in [0.1, 0.15) is 5.56 Å². The van der Waals surface area contributed by atoms with Crippen molar-refractivity contribution in [1.82, 2.24) is 4.90 Å². The molecule has 1 saturated heterocycles. The Morgan fingerprint density at radius 2 is 1.67 bits per heavy atom. The highest BCUT2D eigenvalue weighted by molar-refractivity contribution is 6.33. The minimum Gasteiger partial charge on any atom is -0.367 e. The van der Waals surface area contributed by atoms with Crippen molar-refractivity contribution in [3.8, 4) is 0 Å². The van der Waals surface area contributed by atoms with E-state index in [0.717, 1.165) is 23.8 Å². The smallest absolute Gasteiger partial charge is 0.246 e. The van der Waals surface area contributed by atoms with E-state index in [1.165, 1.54) is 18.2 Å². The average Bonchev–Trinajstić information content (AvgIpc) is 2.61. The van der Waals surface area contributed by atoms with E-state index in [1.807, 2.05) is 24.3 Å². The molecule has 1 fully saturated rings. The molecule has 24 heavy (non-hydrogen) atoms. The zero-order valence-corrected chi connectivity index (χ0v) is 13.9. The van der Waals surface area contributed by atoms with Gasteiger partial charge in [0.2, 0.25) is 5.91 Å². The number of halogens is 2. The molecular formula is C19H18ClFN2O. The van der Waals surface area contributed by atoms with Crippen molar-refractivity contribution in [2.75, 3.05) is 31.1 Å². The summed E-state index contributed by atoms with van der Waals surface area (Å²) in [4.78, 5) is 16.2. The lowest BCUT2D eigenvalue weighted by molar-refractivity contribution is -0.126. The van der Waals surface area contributed by atoms with Gasteiger partial charge in [0, 0.05) is 37.8 Å². The summed E-state index contributed by atoms with van der Waals surface area (Å²) in [6, 6.07) is 14.1. The van der Waals surface area contributed by atoms with E-state index in [2.05, 4.69) is 4.90 Å². The molecular weight excluding hydrogens is 327 g/mol. The van der Waals surface area contributed by atoms with Gasteiger partial charge in [0.25, 0.3) is 0 Å². The molecule has 3 nitrogen and oxygen atoms in total. The van der Waals surface area contributed by atoms with Gasteiger partial charge in [0.15, 0.2) is 0 Å². The summed E-state index contributed by atoms with van der Waals surface area (Å²) >= 11 is 6.22. The van der Waals surface area contributed by atoms with Gasteiger partial charge in [-0.05, 0) is 24.3 Å². The van der Waals surface area contributed by atoms with E-state index in [4.69, 9.17) is 11.6 Å². The molecule has 1 heterocycles. The number of carbonyl (C=O) groups excluding carboxylic acids is 1. The van der Waals surface area contributed by atoms with Gasteiger partial charge >= 0.3 is 0 Å². The topological polar surface area (TPSA) is 23.6 Å². The number of piperazine rings is 1. The molecule has 0 atom stereocenters. The number of nitrogens with zero attached hydrogens (tertiary/aromatic N) is 2. The molecule has 1 aliphatic heterocycles. The van der Waals surface area contributed by atoms with Crippen molar-refractivity contribution in [3.05, 3.63) is 71.0 Å². The summed E-state index contributed by atoms with van der Waals surface area (Å²) in [6.07, 6.45) is 2.96. The Labute approximate surface area is 145 Å². The first kappa shape index (κ1) is 16.5. The highest BCUT2D eigenvalue weighted by atomic mass is 35.5. The van der Waals surface area contributed by atoms with Crippen molar-refractivity contribution in [3.63, 3.8) is 0 Å². The summed E-state index contributed by atoms with van der Waals surface area (Å²) in [7, 11) is 0. The number of hydrogen-bond donors (Lipinski definition) is 0. The first-order valence-electron chi connectivity index (χ1n) is 7.86. The fourth-order valence-electron chi connectivity index (χ4n) is 2.75. The fourth-order valence-corrected chi connectivity index (χ4v) is 3.01. The SMILES string of the molecule is O=C(/C=C/c1ccccc1F)N1CCN(c2ccccc2Cl)CC1. The molecule has 0 aromatic heterocycles. The van der Waals surface area contributed by atoms with Gasteiger partial charge in [-0.25, -0.2) is 4.39 Å². The van der Waals surface area contributed by atoms with Crippen molar-refractivity contribution in [2.24, 2.45) is 0 Å². The van der Waals surface area contributed by atoms with Gasteiger partial charge in [-0.15, -0.1) is 0 Å². The molecule has 5 heteroatoms. The predicted molar refractivity (Wildman–Crippen MR) is 95.7 cm³/mol. The van der Waals surface area contributed by atoms with Crippen LogP contribution in [0, 0.1) is 5.82 Å². The molecule has 0 spiro atoms.